The van der Waals surface area contributed by atoms with Gasteiger partial charge in [-0.25, -0.2) is 10.9 Å². The number of hydrazone groups is 1. The normalized spacial score (nSPS) is 23.0. The number of benzene rings is 1. The van der Waals surface area contributed by atoms with Crippen molar-refractivity contribution in [3.8, 4) is 0 Å². The van der Waals surface area contributed by atoms with Gasteiger partial charge in [0, 0.05) is 22.1 Å². The number of hydrazine groups is 1. The van der Waals surface area contributed by atoms with E-state index in [1.54, 1.807) is 23.1 Å². The van der Waals surface area contributed by atoms with E-state index >= 15 is 0 Å². The molecule has 1 aromatic carbocycles. The Morgan fingerprint density at radius 1 is 1.38 bits per heavy atom. The van der Waals surface area contributed by atoms with Crippen LogP contribution in [0.2, 0.25) is 5.02 Å². The van der Waals surface area contributed by atoms with Gasteiger partial charge in [-0.3, -0.25) is 9.80 Å². The van der Waals surface area contributed by atoms with Gasteiger partial charge in [-0.1, -0.05) is 41.6 Å². The van der Waals surface area contributed by atoms with Crippen molar-refractivity contribution in [2.75, 3.05) is 0 Å². The number of carbonyl (C=O) groups is 1. The molecule has 8 heteroatoms. The second kappa shape index (κ2) is 6.76. The Hall–Kier alpha value is -1.54. The molecule has 1 saturated heterocycles. The average molecular weight is 379 g/mol. The minimum absolute atomic E-state index is 0.0614. The molecule has 0 radical (unpaired) electrons. The monoisotopic (exact) mass is 378 g/mol. The quantitative estimate of drug-likeness (QED) is 0.859. The summed E-state index contributed by atoms with van der Waals surface area (Å²) < 4.78 is 0. The molecular weight excluding hydrogens is 364 g/mol. The summed E-state index contributed by atoms with van der Waals surface area (Å²) in [6.45, 7) is 0. The van der Waals surface area contributed by atoms with E-state index in [2.05, 4.69) is 27.4 Å². The van der Waals surface area contributed by atoms with Crippen molar-refractivity contribution in [1.29, 1.82) is 0 Å². The van der Waals surface area contributed by atoms with Crippen LogP contribution in [0.5, 0.6) is 0 Å². The molecule has 0 bridgehead atoms. The first-order valence-electron chi connectivity index (χ1n) is 7.54. The Kier molecular flexibility index (Phi) is 4.49. The third-order valence-corrected chi connectivity index (χ3v) is 6.22. The van der Waals surface area contributed by atoms with E-state index in [1.165, 1.54) is 4.88 Å². The third kappa shape index (κ3) is 3.17. The van der Waals surface area contributed by atoms with Gasteiger partial charge in [0.15, 0.2) is 5.17 Å². The predicted octanol–water partition coefficient (Wildman–Crippen LogP) is 3.36. The highest BCUT2D eigenvalue weighted by Gasteiger charge is 2.42. The van der Waals surface area contributed by atoms with Crippen LogP contribution in [0.3, 0.4) is 0 Å². The topological polar surface area (TPSA) is 56.7 Å². The molecule has 24 heavy (non-hydrogen) atoms. The minimum atomic E-state index is -0.225. The van der Waals surface area contributed by atoms with Crippen molar-refractivity contribution >= 4 is 45.8 Å². The lowest BCUT2D eigenvalue weighted by molar-refractivity contribution is -0.125. The number of hydrogen-bond donors (Lipinski definition) is 2. The van der Waals surface area contributed by atoms with Crippen LogP contribution in [-0.4, -0.2) is 22.1 Å². The summed E-state index contributed by atoms with van der Waals surface area (Å²) in [5, 5.41) is 9.67. The van der Waals surface area contributed by atoms with Gasteiger partial charge in [0.05, 0.1) is 6.04 Å². The van der Waals surface area contributed by atoms with Gasteiger partial charge in [-0.05, 0) is 29.1 Å². The van der Waals surface area contributed by atoms with Crippen LogP contribution in [0.1, 0.15) is 22.9 Å². The number of carbonyl (C=O) groups excluding carboxylic acids is 1. The number of hydrogen-bond acceptors (Lipinski definition) is 6. The molecular formula is C16H15ClN4OS2. The molecule has 5 nitrogen and oxygen atoms in total. The number of nitrogens with zero attached hydrogens (tertiary/aromatic N) is 2. The fourth-order valence-electron chi connectivity index (χ4n) is 2.83. The van der Waals surface area contributed by atoms with Crippen LogP contribution in [0.15, 0.2) is 46.9 Å². The summed E-state index contributed by atoms with van der Waals surface area (Å²) in [6.07, 6.45) is 0.739. The summed E-state index contributed by atoms with van der Waals surface area (Å²) in [5.41, 5.74) is 7.19. The summed E-state index contributed by atoms with van der Waals surface area (Å²) in [6, 6.07) is 11.8. The van der Waals surface area contributed by atoms with E-state index in [1.807, 2.05) is 35.3 Å². The van der Waals surface area contributed by atoms with Gasteiger partial charge in [0.1, 0.15) is 6.04 Å². The van der Waals surface area contributed by atoms with E-state index in [0.29, 0.717) is 0 Å². The lowest BCUT2D eigenvalue weighted by Gasteiger charge is -2.29. The maximum absolute atomic E-state index is 12.1. The van der Waals surface area contributed by atoms with Gasteiger partial charge >= 0.3 is 0 Å². The first kappa shape index (κ1) is 16.0. The SMILES string of the molecule is O=C1NN=C(SCc2cccc(Cl)c2)N2NC(c3cccs3)CC12. The lowest BCUT2D eigenvalue weighted by Crippen LogP contribution is -2.52. The van der Waals surface area contributed by atoms with Gasteiger partial charge < -0.3 is 0 Å². The fraction of sp³-hybridized carbons (Fsp3) is 0.250. The molecule has 3 heterocycles. The van der Waals surface area contributed by atoms with Gasteiger partial charge in [-0.15, -0.1) is 16.4 Å². The van der Waals surface area contributed by atoms with Crippen LogP contribution >= 0.6 is 34.7 Å². The smallest absolute Gasteiger partial charge is 0.264 e. The molecule has 1 amide bonds. The number of nitrogens with one attached hydrogen (secondary N) is 2. The Morgan fingerprint density at radius 3 is 3.08 bits per heavy atom. The lowest BCUT2D eigenvalue weighted by atomic mass is 10.1. The minimum Gasteiger partial charge on any atom is -0.272 e. The van der Waals surface area contributed by atoms with Gasteiger partial charge in [0.2, 0.25) is 0 Å². The highest BCUT2D eigenvalue weighted by atomic mass is 35.5. The number of amides is 1. The molecule has 1 fully saturated rings. The summed E-state index contributed by atoms with van der Waals surface area (Å²) in [7, 11) is 0. The Balaban J connectivity index is 1.48. The molecule has 0 aliphatic carbocycles. The average Bonchev–Trinajstić information content (AvgIpc) is 3.24. The van der Waals surface area contributed by atoms with E-state index in [-0.39, 0.29) is 18.0 Å². The molecule has 2 aromatic rings. The Morgan fingerprint density at radius 2 is 2.29 bits per heavy atom. The van der Waals surface area contributed by atoms with Crippen LogP contribution in [0.4, 0.5) is 0 Å². The van der Waals surface area contributed by atoms with Gasteiger partial charge in [0.25, 0.3) is 5.91 Å². The first-order valence-corrected chi connectivity index (χ1v) is 9.78. The Labute approximate surface area is 153 Å². The molecule has 2 atom stereocenters. The molecule has 1 aromatic heterocycles. The summed E-state index contributed by atoms with van der Waals surface area (Å²) in [5.74, 6) is 0.678. The molecule has 0 saturated carbocycles. The van der Waals surface area contributed by atoms with Crippen molar-refractivity contribution in [2.45, 2.75) is 24.3 Å². The van der Waals surface area contributed by atoms with Crippen molar-refractivity contribution in [3.05, 3.63) is 57.2 Å². The highest BCUT2D eigenvalue weighted by molar-refractivity contribution is 8.13. The Bertz CT molecular complexity index is 780. The van der Waals surface area contributed by atoms with Crippen LogP contribution in [0, 0.1) is 0 Å². The zero-order chi connectivity index (χ0) is 16.5. The molecule has 2 N–H and O–H groups in total. The molecule has 4 rings (SSSR count). The van der Waals surface area contributed by atoms with E-state index in [9.17, 15) is 4.79 Å². The van der Waals surface area contributed by atoms with E-state index < -0.39 is 0 Å². The summed E-state index contributed by atoms with van der Waals surface area (Å²) in [4.78, 5) is 13.4. The van der Waals surface area contributed by atoms with Crippen LogP contribution < -0.4 is 10.9 Å². The van der Waals surface area contributed by atoms with E-state index in [0.717, 1.165) is 27.9 Å². The van der Waals surface area contributed by atoms with Crippen molar-refractivity contribution in [2.24, 2.45) is 5.10 Å². The molecule has 124 valence electrons. The zero-order valence-corrected chi connectivity index (χ0v) is 15.0. The number of rotatable bonds is 3. The number of thiophene rings is 1. The van der Waals surface area contributed by atoms with E-state index in [4.69, 9.17) is 11.6 Å². The standard InChI is InChI=1S/C16H15ClN4OS2/c17-11-4-1-3-10(7-11)9-24-16-19-18-15(22)13-8-12(20-21(13)16)14-5-2-6-23-14/h1-7,12-13,20H,8-9H2,(H,18,22). The molecule has 0 spiro atoms. The second-order valence-electron chi connectivity index (χ2n) is 5.61. The number of amidine groups is 1. The number of fused-ring (bicyclic) bond motifs is 1. The fourth-order valence-corrected chi connectivity index (χ4v) is 4.73. The zero-order valence-electron chi connectivity index (χ0n) is 12.6. The second-order valence-corrected chi connectivity index (χ2v) is 7.97. The number of thioether (sulfide) groups is 1. The predicted molar refractivity (Wildman–Crippen MR) is 98.8 cm³/mol. The van der Waals surface area contributed by atoms with Crippen molar-refractivity contribution in [1.82, 2.24) is 15.9 Å². The largest absolute Gasteiger partial charge is 0.272 e. The van der Waals surface area contributed by atoms with Crippen molar-refractivity contribution in [3.63, 3.8) is 0 Å². The maximum Gasteiger partial charge on any atom is 0.264 e. The maximum atomic E-state index is 12.1. The van der Waals surface area contributed by atoms with Crippen LogP contribution in [0.25, 0.3) is 0 Å². The van der Waals surface area contributed by atoms with Gasteiger partial charge in [-0.2, -0.15) is 0 Å². The first-order chi connectivity index (χ1) is 11.7. The molecule has 2 aliphatic rings. The molecule has 2 aliphatic heterocycles. The summed E-state index contributed by atoms with van der Waals surface area (Å²) >= 11 is 9.31. The highest BCUT2D eigenvalue weighted by Crippen LogP contribution is 2.33. The third-order valence-electron chi connectivity index (χ3n) is 3.98. The van der Waals surface area contributed by atoms with Crippen molar-refractivity contribution < 1.29 is 4.79 Å². The number of halogens is 1. The van der Waals surface area contributed by atoms with Crippen LogP contribution in [-0.2, 0) is 10.5 Å². The molecule has 2 unspecified atom stereocenters.